The molecule has 0 aromatic heterocycles. The van der Waals surface area contributed by atoms with E-state index >= 15 is 0 Å². The van der Waals surface area contributed by atoms with Gasteiger partial charge in [-0.2, -0.15) is 0 Å². The minimum atomic E-state index is 0.590. The molecule has 1 spiro atoms. The van der Waals surface area contributed by atoms with Gasteiger partial charge in [0, 0.05) is 0 Å². The van der Waals surface area contributed by atoms with Gasteiger partial charge in [-0.25, -0.2) is 0 Å². The van der Waals surface area contributed by atoms with E-state index in [4.69, 9.17) is 4.74 Å². The first-order chi connectivity index (χ1) is 7.74. The summed E-state index contributed by atoms with van der Waals surface area (Å²) >= 11 is 0. The molecule has 0 radical (unpaired) electrons. The molecule has 0 saturated heterocycles. The van der Waals surface area contributed by atoms with E-state index in [0.29, 0.717) is 24.4 Å². The van der Waals surface area contributed by atoms with Crippen LogP contribution in [0.25, 0.3) is 0 Å². The maximum Gasteiger partial charge on any atom is 0.293 e. The summed E-state index contributed by atoms with van der Waals surface area (Å²) in [5.41, 5.74) is 0.671. The number of carbonyl (C=O) groups is 1. The molecule has 0 aromatic carbocycles. The zero-order chi connectivity index (χ0) is 11.4. The van der Waals surface area contributed by atoms with E-state index in [1.165, 1.54) is 51.4 Å². The highest BCUT2D eigenvalue weighted by Gasteiger charge is 2.37. The highest BCUT2D eigenvalue weighted by atomic mass is 16.5. The van der Waals surface area contributed by atoms with Crippen molar-refractivity contribution in [2.24, 2.45) is 17.3 Å². The molecule has 0 aromatic rings. The summed E-state index contributed by atoms with van der Waals surface area (Å²) in [5, 5.41) is 0. The van der Waals surface area contributed by atoms with Crippen LogP contribution >= 0.6 is 0 Å². The third-order valence-corrected chi connectivity index (χ3v) is 4.90. The van der Waals surface area contributed by atoms with Crippen molar-refractivity contribution in [1.82, 2.24) is 0 Å². The average Bonchev–Trinajstić information content (AvgIpc) is 2.33. The topological polar surface area (TPSA) is 26.3 Å². The van der Waals surface area contributed by atoms with Crippen LogP contribution in [0.1, 0.15) is 58.3 Å². The van der Waals surface area contributed by atoms with Crippen LogP contribution in [-0.2, 0) is 9.53 Å². The summed E-state index contributed by atoms with van der Waals surface area (Å²) < 4.78 is 4.89. The summed E-state index contributed by atoms with van der Waals surface area (Å²) in [6, 6.07) is 0. The first-order valence-electron chi connectivity index (χ1n) is 6.79. The molecule has 0 N–H and O–H groups in total. The second kappa shape index (κ2) is 5.20. The largest absolute Gasteiger partial charge is 0.468 e. The molecule has 0 aliphatic heterocycles. The Morgan fingerprint density at radius 1 is 1.12 bits per heavy atom. The van der Waals surface area contributed by atoms with E-state index in [2.05, 4.69) is 6.92 Å². The first kappa shape index (κ1) is 11.9. The number of hydrogen-bond acceptors (Lipinski definition) is 2. The lowest BCUT2D eigenvalue weighted by Gasteiger charge is -2.44. The van der Waals surface area contributed by atoms with Gasteiger partial charge in [0.15, 0.2) is 0 Å². The first-order valence-corrected chi connectivity index (χ1v) is 6.79. The molecule has 0 unspecified atom stereocenters. The molecule has 16 heavy (non-hydrogen) atoms. The van der Waals surface area contributed by atoms with Crippen LogP contribution in [0.15, 0.2) is 0 Å². The molecule has 2 nitrogen and oxygen atoms in total. The van der Waals surface area contributed by atoms with E-state index in [9.17, 15) is 4.79 Å². The molecule has 2 aliphatic rings. The van der Waals surface area contributed by atoms with Crippen LogP contribution in [0, 0.1) is 17.3 Å². The van der Waals surface area contributed by atoms with E-state index in [1.807, 2.05) is 0 Å². The van der Waals surface area contributed by atoms with Crippen LogP contribution in [-0.4, -0.2) is 13.1 Å². The lowest BCUT2D eigenvalue weighted by atomic mass is 9.62. The number of hydrogen-bond donors (Lipinski definition) is 0. The fourth-order valence-electron chi connectivity index (χ4n) is 3.51. The van der Waals surface area contributed by atoms with E-state index in [0.717, 1.165) is 5.92 Å². The quantitative estimate of drug-likeness (QED) is 0.685. The van der Waals surface area contributed by atoms with Gasteiger partial charge >= 0.3 is 0 Å². The normalized spacial score (nSPS) is 39.6. The van der Waals surface area contributed by atoms with Gasteiger partial charge in [0.1, 0.15) is 0 Å². The highest BCUT2D eigenvalue weighted by molar-refractivity contribution is 5.36. The van der Waals surface area contributed by atoms with E-state index in [1.54, 1.807) is 0 Å². The molecular weight excluding hydrogens is 200 g/mol. The molecule has 2 heteroatoms. The molecule has 0 bridgehead atoms. The van der Waals surface area contributed by atoms with E-state index in [-0.39, 0.29) is 0 Å². The van der Waals surface area contributed by atoms with Crippen LogP contribution < -0.4 is 0 Å². The van der Waals surface area contributed by atoms with Gasteiger partial charge in [0.25, 0.3) is 6.47 Å². The summed E-state index contributed by atoms with van der Waals surface area (Å²) in [4.78, 5) is 10.2. The van der Waals surface area contributed by atoms with Gasteiger partial charge in [-0.05, 0) is 55.8 Å². The number of carbonyl (C=O) groups excluding carboxylic acids is 1. The van der Waals surface area contributed by atoms with Gasteiger partial charge in [0.2, 0.25) is 0 Å². The van der Waals surface area contributed by atoms with Crippen molar-refractivity contribution in [3.05, 3.63) is 0 Å². The second-order valence-electron chi connectivity index (χ2n) is 6.06. The molecule has 2 fully saturated rings. The monoisotopic (exact) mass is 224 g/mol. The molecule has 0 amide bonds. The average molecular weight is 224 g/mol. The van der Waals surface area contributed by atoms with Gasteiger partial charge in [0.05, 0.1) is 6.61 Å². The SMILES string of the molecule is CC1CCC2(CC1)CCC(COC=O)CC2. The molecule has 2 saturated carbocycles. The maximum atomic E-state index is 10.2. The third kappa shape index (κ3) is 2.78. The Labute approximate surface area is 98.7 Å². The minimum Gasteiger partial charge on any atom is -0.468 e. The highest BCUT2D eigenvalue weighted by Crippen LogP contribution is 2.49. The molecular formula is C14H24O2. The van der Waals surface area contributed by atoms with Crippen LogP contribution in [0.5, 0.6) is 0 Å². The van der Waals surface area contributed by atoms with Crippen LogP contribution in [0.4, 0.5) is 0 Å². The smallest absolute Gasteiger partial charge is 0.293 e. The Bertz CT molecular complexity index is 219. The van der Waals surface area contributed by atoms with Crippen molar-refractivity contribution < 1.29 is 9.53 Å². The van der Waals surface area contributed by atoms with E-state index < -0.39 is 0 Å². The Kier molecular flexibility index (Phi) is 3.88. The Morgan fingerprint density at radius 3 is 2.25 bits per heavy atom. The lowest BCUT2D eigenvalue weighted by Crippen LogP contribution is -2.32. The molecule has 0 atom stereocenters. The lowest BCUT2D eigenvalue weighted by molar-refractivity contribution is -0.130. The zero-order valence-electron chi connectivity index (χ0n) is 10.4. The van der Waals surface area contributed by atoms with Crippen molar-refractivity contribution in [2.45, 2.75) is 58.3 Å². The summed E-state index contributed by atoms with van der Waals surface area (Å²) in [6.07, 6.45) is 11.0. The summed E-state index contributed by atoms with van der Waals surface area (Å²) in [5.74, 6) is 1.58. The summed E-state index contributed by atoms with van der Waals surface area (Å²) in [7, 11) is 0. The van der Waals surface area contributed by atoms with Crippen molar-refractivity contribution in [3.63, 3.8) is 0 Å². The molecule has 0 heterocycles. The van der Waals surface area contributed by atoms with Gasteiger partial charge in [-0.15, -0.1) is 0 Å². The van der Waals surface area contributed by atoms with Crippen molar-refractivity contribution in [1.29, 1.82) is 0 Å². The standard InChI is InChI=1S/C14H24O2/c1-12-2-6-14(7-3-12)8-4-13(5-9-14)10-16-11-15/h11-13H,2-10H2,1H3. The molecule has 2 aliphatic carbocycles. The zero-order valence-corrected chi connectivity index (χ0v) is 10.4. The second-order valence-corrected chi connectivity index (χ2v) is 6.06. The Hall–Kier alpha value is -0.530. The number of rotatable bonds is 3. The predicted molar refractivity (Wildman–Crippen MR) is 64.0 cm³/mol. The Balaban J connectivity index is 1.77. The maximum absolute atomic E-state index is 10.2. The predicted octanol–water partition coefficient (Wildman–Crippen LogP) is 3.55. The van der Waals surface area contributed by atoms with Crippen molar-refractivity contribution >= 4 is 6.47 Å². The van der Waals surface area contributed by atoms with Crippen LogP contribution in [0.2, 0.25) is 0 Å². The minimum absolute atomic E-state index is 0.590. The fraction of sp³-hybridized carbons (Fsp3) is 0.929. The van der Waals surface area contributed by atoms with Gasteiger partial charge in [-0.1, -0.05) is 19.8 Å². The molecule has 2 rings (SSSR count). The van der Waals surface area contributed by atoms with Gasteiger partial charge < -0.3 is 4.74 Å². The Morgan fingerprint density at radius 2 is 1.69 bits per heavy atom. The third-order valence-electron chi connectivity index (χ3n) is 4.90. The van der Waals surface area contributed by atoms with Gasteiger partial charge in [-0.3, -0.25) is 4.79 Å². The number of ether oxygens (including phenoxy) is 1. The van der Waals surface area contributed by atoms with Crippen molar-refractivity contribution in [2.75, 3.05) is 6.61 Å². The van der Waals surface area contributed by atoms with Crippen LogP contribution in [0.3, 0.4) is 0 Å². The fourth-order valence-corrected chi connectivity index (χ4v) is 3.51. The van der Waals surface area contributed by atoms with Crippen molar-refractivity contribution in [3.8, 4) is 0 Å². The summed E-state index contributed by atoms with van der Waals surface area (Å²) in [6.45, 7) is 3.62. The molecule has 92 valence electrons.